The van der Waals surface area contributed by atoms with Crippen LogP contribution in [0.4, 0.5) is 35.0 Å². The molecular formula is C19H21F3N4O2. The first-order chi connectivity index (χ1) is 13.1. The summed E-state index contributed by atoms with van der Waals surface area (Å²) in [6, 6.07) is 8.88. The molecule has 2 rings (SSSR count). The van der Waals surface area contributed by atoms with Gasteiger partial charge in [-0.25, -0.2) is 4.79 Å². The molecule has 0 aliphatic carbocycles. The Morgan fingerprint density at radius 3 is 2.18 bits per heavy atom. The van der Waals surface area contributed by atoms with E-state index in [1.165, 1.54) is 0 Å². The van der Waals surface area contributed by atoms with E-state index in [-0.39, 0.29) is 17.8 Å². The molecule has 0 spiro atoms. The number of amides is 3. The lowest BCUT2D eigenvalue weighted by Crippen LogP contribution is -2.27. The molecule has 3 N–H and O–H groups in total. The molecule has 0 atom stereocenters. The fourth-order valence-corrected chi connectivity index (χ4v) is 2.40. The molecule has 0 aliphatic rings. The molecule has 2 aromatic carbocycles. The molecule has 2 aromatic rings. The molecular weight excluding hydrogens is 373 g/mol. The largest absolute Gasteiger partial charge is 0.416 e. The number of hydrogen-bond acceptors (Lipinski definition) is 3. The van der Waals surface area contributed by atoms with E-state index in [1.807, 2.05) is 19.0 Å². The van der Waals surface area contributed by atoms with E-state index in [0.29, 0.717) is 11.8 Å². The topological polar surface area (TPSA) is 73.5 Å². The first-order valence-corrected chi connectivity index (χ1v) is 8.46. The lowest BCUT2D eigenvalue weighted by atomic mass is 10.1. The van der Waals surface area contributed by atoms with Crippen LogP contribution in [0.15, 0.2) is 42.5 Å². The van der Waals surface area contributed by atoms with Gasteiger partial charge in [-0.3, -0.25) is 4.79 Å². The highest BCUT2D eigenvalue weighted by Gasteiger charge is 2.32. The van der Waals surface area contributed by atoms with Crippen LogP contribution in [0.3, 0.4) is 0 Å². The first kappa shape index (κ1) is 21.1. The van der Waals surface area contributed by atoms with Gasteiger partial charge in [0.1, 0.15) is 0 Å². The van der Waals surface area contributed by atoms with Gasteiger partial charge in [0.15, 0.2) is 0 Å². The van der Waals surface area contributed by atoms with Crippen LogP contribution >= 0.6 is 0 Å². The minimum Gasteiger partial charge on any atom is -0.378 e. The predicted molar refractivity (Wildman–Crippen MR) is 103 cm³/mol. The van der Waals surface area contributed by atoms with E-state index in [4.69, 9.17) is 0 Å². The van der Waals surface area contributed by atoms with Gasteiger partial charge >= 0.3 is 12.2 Å². The number of nitrogens with one attached hydrogen (secondary N) is 3. The van der Waals surface area contributed by atoms with Gasteiger partial charge in [-0.05, 0) is 49.4 Å². The third kappa shape index (κ3) is 5.38. The van der Waals surface area contributed by atoms with Crippen molar-refractivity contribution in [1.82, 2.24) is 5.32 Å². The van der Waals surface area contributed by atoms with Gasteiger partial charge in [0.25, 0.3) is 5.91 Å². The predicted octanol–water partition coefficient (Wildman–Crippen LogP) is 4.17. The molecule has 0 saturated heterocycles. The minimum atomic E-state index is -4.60. The Labute approximate surface area is 160 Å². The van der Waals surface area contributed by atoms with E-state index >= 15 is 0 Å². The van der Waals surface area contributed by atoms with Crippen molar-refractivity contribution in [2.24, 2.45) is 0 Å². The molecule has 0 unspecified atom stereocenters. The Hall–Kier alpha value is -3.23. The molecule has 9 heteroatoms. The van der Waals surface area contributed by atoms with Crippen molar-refractivity contribution in [3.05, 3.63) is 53.6 Å². The van der Waals surface area contributed by atoms with E-state index in [9.17, 15) is 22.8 Å². The van der Waals surface area contributed by atoms with Crippen molar-refractivity contribution in [2.75, 3.05) is 36.2 Å². The molecule has 0 saturated carbocycles. The molecule has 0 radical (unpaired) electrons. The second kappa shape index (κ2) is 8.64. The van der Waals surface area contributed by atoms with Crippen molar-refractivity contribution < 1.29 is 22.8 Å². The van der Waals surface area contributed by atoms with Crippen molar-refractivity contribution in [3.8, 4) is 0 Å². The number of nitrogens with zero attached hydrogens (tertiary/aromatic N) is 1. The standard InChI is InChI=1S/C19H21F3N4O2/c1-4-23-17(27)15-11-12(19(20,21)22)5-10-16(15)25-18(28)24-13-6-8-14(9-7-13)26(2)3/h5-11H,4H2,1-3H3,(H,23,27)(H2,24,25,28). The molecule has 0 fully saturated rings. The van der Waals surface area contributed by atoms with Crippen LogP contribution < -0.4 is 20.9 Å². The zero-order valence-electron chi connectivity index (χ0n) is 15.6. The van der Waals surface area contributed by atoms with E-state index in [2.05, 4.69) is 16.0 Å². The summed E-state index contributed by atoms with van der Waals surface area (Å²) in [5.74, 6) is -0.709. The highest BCUT2D eigenvalue weighted by atomic mass is 19.4. The Bertz CT molecular complexity index is 849. The van der Waals surface area contributed by atoms with Crippen LogP contribution in [0.1, 0.15) is 22.8 Å². The third-order valence-electron chi connectivity index (χ3n) is 3.82. The summed E-state index contributed by atoms with van der Waals surface area (Å²) in [6.45, 7) is 1.88. The Balaban J connectivity index is 2.21. The Morgan fingerprint density at radius 2 is 1.64 bits per heavy atom. The number of urea groups is 1. The summed E-state index contributed by atoms with van der Waals surface area (Å²) < 4.78 is 38.9. The van der Waals surface area contributed by atoms with Gasteiger partial charge in [-0.2, -0.15) is 13.2 Å². The zero-order chi connectivity index (χ0) is 20.9. The smallest absolute Gasteiger partial charge is 0.378 e. The van der Waals surface area contributed by atoms with Gasteiger partial charge in [-0.15, -0.1) is 0 Å². The summed E-state index contributed by atoms with van der Waals surface area (Å²) in [5.41, 5.74) is 0.164. The van der Waals surface area contributed by atoms with Crippen molar-refractivity contribution in [2.45, 2.75) is 13.1 Å². The second-order valence-corrected chi connectivity index (χ2v) is 6.14. The van der Waals surface area contributed by atoms with Crippen LogP contribution in [-0.2, 0) is 6.18 Å². The molecule has 150 valence electrons. The normalized spacial score (nSPS) is 10.9. The van der Waals surface area contributed by atoms with Crippen LogP contribution in [0.2, 0.25) is 0 Å². The molecule has 6 nitrogen and oxygen atoms in total. The average Bonchev–Trinajstić information content (AvgIpc) is 2.61. The van der Waals surface area contributed by atoms with Gasteiger partial charge in [0.2, 0.25) is 0 Å². The number of benzene rings is 2. The van der Waals surface area contributed by atoms with Crippen molar-refractivity contribution in [3.63, 3.8) is 0 Å². The number of anilines is 3. The Morgan fingerprint density at radius 1 is 1.00 bits per heavy atom. The quantitative estimate of drug-likeness (QED) is 0.713. The number of rotatable bonds is 5. The van der Waals surface area contributed by atoms with Crippen molar-refractivity contribution >= 4 is 29.0 Å². The Kier molecular flexibility index (Phi) is 6.50. The van der Waals surface area contributed by atoms with E-state index in [1.54, 1.807) is 31.2 Å². The summed E-state index contributed by atoms with van der Waals surface area (Å²) in [5, 5.41) is 7.44. The molecule has 0 aliphatic heterocycles. The van der Waals surface area contributed by atoms with Gasteiger partial charge < -0.3 is 20.9 Å². The molecule has 0 bridgehead atoms. The lowest BCUT2D eigenvalue weighted by Gasteiger charge is -2.15. The number of halogens is 3. The third-order valence-corrected chi connectivity index (χ3v) is 3.82. The number of carbonyl (C=O) groups is 2. The number of alkyl halides is 3. The zero-order valence-corrected chi connectivity index (χ0v) is 15.6. The van der Waals surface area contributed by atoms with Crippen LogP contribution in [0.25, 0.3) is 0 Å². The monoisotopic (exact) mass is 394 g/mol. The maximum atomic E-state index is 13.0. The summed E-state index contributed by atoms with van der Waals surface area (Å²) in [4.78, 5) is 26.3. The number of carbonyl (C=O) groups excluding carboxylic acids is 2. The maximum absolute atomic E-state index is 13.0. The van der Waals surface area contributed by atoms with Crippen LogP contribution in [0.5, 0.6) is 0 Å². The average molecular weight is 394 g/mol. The van der Waals surface area contributed by atoms with E-state index < -0.39 is 23.7 Å². The summed E-state index contributed by atoms with van der Waals surface area (Å²) in [7, 11) is 3.76. The SMILES string of the molecule is CCNC(=O)c1cc(C(F)(F)F)ccc1NC(=O)Nc1ccc(N(C)C)cc1. The minimum absolute atomic E-state index is 0.0265. The highest BCUT2D eigenvalue weighted by molar-refractivity contribution is 6.06. The van der Waals surface area contributed by atoms with Crippen LogP contribution in [0, 0.1) is 0 Å². The fraction of sp³-hybridized carbons (Fsp3) is 0.263. The molecule has 28 heavy (non-hydrogen) atoms. The summed E-state index contributed by atoms with van der Waals surface area (Å²) >= 11 is 0. The molecule has 0 aromatic heterocycles. The van der Waals surface area contributed by atoms with E-state index in [0.717, 1.165) is 17.8 Å². The maximum Gasteiger partial charge on any atom is 0.416 e. The highest BCUT2D eigenvalue weighted by Crippen LogP contribution is 2.32. The summed E-state index contributed by atoms with van der Waals surface area (Å²) in [6.07, 6.45) is -4.60. The van der Waals surface area contributed by atoms with Gasteiger partial charge in [-0.1, -0.05) is 0 Å². The fourth-order valence-electron chi connectivity index (χ4n) is 2.40. The first-order valence-electron chi connectivity index (χ1n) is 8.46. The molecule has 0 heterocycles. The molecule has 3 amide bonds. The van der Waals surface area contributed by atoms with Crippen LogP contribution in [-0.4, -0.2) is 32.6 Å². The lowest BCUT2D eigenvalue weighted by molar-refractivity contribution is -0.137. The van der Waals surface area contributed by atoms with Gasteiger partial charge in [0.05, 0.1) is 16.8 Å². The second-order valence-electron chi connectivity index (χ2n) is 6.14. The van der Waals surface area contributed by atoms with Crippen molar-refractivity contribution in [1.29, 1.82) is 0 Å². The number of hydrogen-bond donors (Lipinski definition) is 3. The van der Waals surface area contributed by atoms with Gasteiger partial charge in [0, 0.05) is 32.0 Å².